The van der Waals surface area contributed by atoms with Gasteiger partial charge in [-0.05, 0) is 41.9 Å². The van der Waals surface area contributed by atoms with Gasteiger partial charge < -0.3 is 4.42 Å². The Labute approximate surface area is 106 Å². The highest BCUT2D eigenvalue weighted by atomic mass is 79.9. The molecule has 0 amide bonds. The zero-order chi connectivity index (χ0) is 11.0. The molecule has 80 valence electrons. The van der Waals surface area contributed by atoms with Crippen LogP contribution in [0.2, 0.25) is 0 Å². The highest BCUT2D eigenvalue weighted by Gasteiger charge is 2.18. The van der Waals surface area contributed by atoms with Crippen LogP contribution in [0.15, 0.2) is 27.3 Å². The van der Waals surface area contributed by atoms with E-state index >= 15 is 0 Å². The van der Waals surface area contributed by atoms with E-state index in [9.17, 15) is 0 Å². The maximum Gasteiger partial charge on any atom is 0.105 e. The molecule has 0 spiro atoms. The van der Waals surface area contributed by atoms with Crippen LogP contribution in [-0.2, 0) is 0 Å². The van der Waals surface area contributed by atoms with Crippen molar-refractivity contribution in [3.8, 4) is 0 Å². The Bertz CT molecular complexity index is 455. The van der Waals surface area contributed by atoms with Gasteiger partial charge in [-0.25, -0.2) is 0 Å². The Kier molecular flexibility index (Phi) is 3.24. The number of alkyl halides is 1. The number of halogens is 2. The van der Waals surface area contributed by atoms with Crippen molar-refractivity contribution in [1.29, 1.82) is 0 Å². The van der Waals surface area contributed by atoms with Crippen LogP contribution in [0.4, 0.5) is 0 Å². The van der Waals surface area contributed by atoms with Gasteiger partial charge in [0.05, 0.1) is 11.6 Å². The van der Waals surface area contributed by atoms with E-state index in [-0.39, 0.29) is 5.38 Å². The monoisotopic (exact) mass is 304 g/mol. The summed E-state index contributed by atoms with van der Waals surface area (Å²) in [5.74, 6) is 0.886. The molecule has 0 saturated carbocycles. The molecule has 0 aromatic carbocycles. The fourth-order valence-electron chi connectivity index (χ4n) is 1.42. The molecule has 2 aromatic rings. The Hall–Kier alpha value is -0.250. The van der Waals surface area contributed by atoms with Crippen molar-refractivity contribution in [1.82, 2.24) is 0 Å². The van der Waals surface area contributed by atoms with Gasteiger partial charge in [-0.1, -0.05) is 0 Å². The second kappa shape index (κ2) is 4.32. The molecule has 0 radical (unpaired) electrons. The summed E-state index contributed by atoms with van der Waals surface area (Å²) in [5, 5.41) is -0.112. The number of furan rings is 1. The summed E-state index contributed by atoms with van der Waals surface area (Å²) < 4.78 is 6.37. The van der Waals surface area contributed by atoms with E-state index in [0.717, 1.165) is 20.7 Å². The fourth-order valence-corrected chi connectivity index (χ4v) is 3.40. The smallest absolute Gasteiger partial charge is 0.105 e. The molecule has 1 atom stereocenters. The molecular weight excluding hydrogens is 296 g/mol. The molecule has 0 aliphatic heterocycles. The summed E-state index contributed by atoms with van der Waals surface area (Å²) in [6.45, 7) is 4.00. The predicted octanol–water partition coefficient (Wildman–Crippen LogP) is 5.05. The predicted molar refractivity (Wildman–Crippen MR) is 67.9 cm³/mol. The standard InChI is InChI=1S/C11H10BrClOS/c1-6-8(3-4-14-6)11(13)10-5-9(12)7(2)15-10/h3-5,11H,1-2H3. The molecule has 0 fully saturated rings. The van der Waals surface area contributed by atoms with Crippen molar-refractivity contribution in [2.75, 3.05) is 0 Å². The van der Waals surface area contributed by atoms with E-state index in [1.165, 1.54) is 4.88 Å². The highest BCUT2D eigenvalue weighted by molar-refractivity contribution is 9.10. The molecule has 2 aromatic heterocycles. The van der Waals surface area contributed by atoms with Crippen molar-refractivity contribution in [2.24, 2.45) is 0 Å². The van der Waals surface area contributed by atoms with Crippen LogP contribution in [0.5, 0.6) is 0 Å². The van der Waals surface area contributed by atoms with Crippen molar-refractivity contribution in [3.05, 3.63) is 43.9 Å². The number of hydrogen-bond donors (Lipinski definition) is 0. The average molecular weight is 306 g/mol. The highest BCUT2D eigenvalue weighted by Crippen LogP contribution is 2.38. The van der Waals surface area contributed by atoms with Crippen LogP contribution in [0.25, 0.3) is 0 Å². The summed E-state index contributed by atoms with van der Waals surface area (Å²) in [7, 11) is 0. The lowest BCUT2D eigenvalue weighted by Crippen LogP contribution is -1.89. The second-order valence-electron chi connectivity index (χ2n) is 3.35. The number of rotatable bonds is 2. The summed E-state index contributed by atoms with van der Waals surface area (Å²) in [6.07, 6.45) is 1.68. The summed E-state index contributed by atoms with van der Waals surface area (Å²) >= 11 is 11.6. The van der Waals surface area contributed by atoms with Gasteiger partial charge >= 0.3 is 0 Å². The van der Waals surface area contributed by atoms with E-state index in [2.05, 4.69) is 28.9 Å². The van der Waals surface area contributed by atoms with Crippen LogP contribution >= 0.6 is 38.9 Å². The minimum absolute atomic E-state index is 0.112. The third-order valence-corrected chi connectivity index (χ3v) is 5.10. The topological polar surface area (TPSA) is 13.1 Å². The molecule has 0 bridgehead atoms. The molecule has 2 heterocycles. The lowest BCUT2D eigenvalue weighted by molar-refractivity contribution is 0.530. The lowest BCUT2D eigenvalue weighted by Gasteiger charge is -2.04. The molecule has 0 N–H and O–H groups in total. The van der Waals surface area contributed by atoms with Gasteiger partial charge in [-0.3, -0.25) is 0 Å². The third kappa shape index (κ3) is 2.14. The van der Waals surface area contributed by atoms with Gasteiger partial charge in [0.15, 0.2) is 0 Å². The van der Waals surface area contributed by atoms with Gasteiger partial charge in [0.25, 0.3) is 0 Å². The van der Waals surface area contributed by atoms with Gasteiger partial charge in [-0.2, -0.15) is 0 Å². The molecular formula is C11H10BrClOS. The Morgan fingerprint density at radius 1 is 1.47 bits per heavy atom. The molecule has 0 aliphatic carbocycles. The van der Waals surface area contributed by atoms with E-state index in [4.69, 9.17) is 16.0 Å². The van der Waals surface area contributed by atoms with Gasteiger partial charge in [0.1, 0.15) is 5.76 Å². The summed E-state index contributed by atoms with van der Waals surface area (Å²) in [4.78, 5) is 2.39. The first-order valence-electron chi connectivity index (χ1n) is 4.53. The van der Waals surface area contributed by atoms with Crippen molar-refractivity contribution in [3.63, 3.8) is 0 Å². The number of thiophene rings is 1. The fraction of sp³-hybridized carbons (Fsp3) is 0.273. The SMILES string of the molecule is Cc1occc1C(Cl)c1cc(Br)c(C)s1. The zero-order valence-corrected chi connectivity index (χ0v) is 11.5. The Morgan fingerprint density at radius 2 is 2.20 bits per heavy atom. The molecule has 1 unspecified atom stereocenters. The molecule has 15 heavy (non-hydrogen) atoms. The van der Waals surface area contributed by atoms with E-state index in [1.54, 1.807) is 17.6 Å². The number of aryl methyl sites for hydroxylation is 2. The third-order valence-electron chi connectivity index (χ3n) is 2.30. The normalized spacial score (nSPS) is 13.1. The van der Waals surface area contributed by atoms with Gasteiger partial charge in [0, 0.05) is 19.8 Å². The Balaban J connectivity index is 2.36. The van der Waals surface area contributed by atoms with E-state index in [0.29, 0.717) is 0 Å². The molecule has 0 aliphatic rings. The first-order chi connectivity index (χ1) is 7.09. The van der Waals surface area contributed by atoms with E-state index in [1.807, 2.05) is 13.0 Å². The van der Waals surface area contributed by atoms with Crippen molar-refractivity contribution >= 4 is 38.9 Å². The quantitative estimate of drug-likeness (QED) is 0.708. The molecule has 4 heteroatoms. The van der Waals surface area contributed by atoms with E-state index < -0.39 is 0 Å². The van der Waals surface area contributed by atoms with Gasteiger partial charge in [-0.15, -0.1) is 22.9 Å². The van der Waals surface area contributed by atoms with Crippen molar-refractivity contribution in [2.45, 2.75) is 19.2 Å². The maximum atomic E-state index is 6.39. The summed E-state index contributed by atoms with van der Waals surface area (Å²) in [6, 6.07) is 4.00. The molecule has 0 saturated heterocycles. The summed E-state index contributed by atoms with van der Waals surface area (Å²) in [5.41, 5.74) is 1.05. The molecule has 2 rings (SSSR count). The second-order valence-corrected chi connectivity index (χ2v) is 5.93. The minimum Gasteiger partial charge on any atom is -0.469 e. The Morgan fingerprint density at radius 3 is 2.67 bits per heavy atom. The van der Waals surface area contributed by atoms with Crippen LogP contribution < -0.4 is 0 Å². The van der Waals surface area contributed by atoms with Crippen LogP contribution in [0.3, 0.4) is 0 Å². The largest absolute Gasteiger partial charge is 0.469 e. The average Bonchev–Trinajstić information content (AvgIpc) is 2.74. The maximum absolute atomic E-state index is 6.39. The van der Waals surface area contributed by atoms with Crippen LogP contribution in [0, 0.1) is 13.8 Å². The first-order valence-corrected chi connectivity index (χ1v) is 6.58. The van der Waals surface area contributed by atoms with Crippen molar-refractivity contribution < 1.29 is 4.42 Å². The lowest BCUT2D eigenvalue weighted by atomic mass is 10.1. The first kappa shape index (κ1) is 11.2. The minimum atomic E-state index is -0.112. The van der Waals surface area contributed by atoms with Crippen LogP contribution in [-0.4, -0.2) is 0 Å². The van der Waals surface area contributed by atoms with Gasteiger partial charge in [0.2, 0.25) is 0 Å². The number of hydrogen-bond acceptors (Lipinski definition) is 2. The van der Waals surface area contributed by atoms with Crippen LogP contribution in [0.1, 0.15) is 26.5 Å². The zero-order valence-electron chi connectivity index (χ0n) is 8.38. The molecule has 1 nitrogen and oxygen atoms in total.